The maximum Gasteiger partial charge on any atom is 0.337 e. The predicted octanol–water partition coefficient (Wildman–Crippen LogP) is 6.07. The second-order valence-electron chi connectivity index (χ2n) is 9.82. The first-order valence-corrected chi connectivity index (χ1v) is 15.4. The number of hydrogen-bond donors (Lipinski definition) is 2. The van der Waals surface area contributed by atoms with Crippen molar-refractivity contribution in [3.05, 3.63) is 130 Å². The number of benzene rings is 4. The molecule has 1 saturated heterocycles. The van der Waals surface area contributed by atoms with Gasteiger partial charge in [-0.1, -0.05) is 46.3 Å². The number of thioether (sulfide) groups is 1. The maximum absolute atomic E-state index is 13.3. The molecular weight excluding hydrogens is 658 g/mol. The summed E-state index contributed by atoms with van der Waals surface area (Å²) in [5.41, 5.74) is 2.34. The van der Waals surface area contributed by atoms with Gasteiger partial charge >= 0.3 is 5.97 Å². The molecule has 0 aliphatic carbocycles. The third-order valence-corrected chi connectivity index (χ3v) is 8.48. The Morgan fingerprint density at radius 1 is 0.867 bits per heavy atom. The molecule has 2 N–H and O–H groups in total. The molecule has 0 saturated carbocycles. The highest BCUT2D eigenvalue weighted by molar-refractivity contribution is 9.10. The van der Waals surface area contributed by atoms with Gasteiger partial charge in [-0.2, -0.15) is 0 Å². The van der Waals surface area contributed by atoms with Gasteiger partial charge in [0.1, 0.15) is 5.70 Å². The van der Waals surface area contributed by atoms with Gasteiger partial charge in [0, 0.05) is 27.0 Å². The molecule has 1 fully saturated rings. The fourth-order valence-electron chi connectivity index (χ4n) is 4.48. The lowest BCUT2D eigenvalue weighted by atomic mass is 10.1. The molecule has 0 spiro atoms. The van der Waals surface area contributed by atoms with E-state index in [2.05, 4.69) is 26.6 Å². The highest BCUT2D eigenvalue weighted by atomic mass is 79.9. The summed E-state index contributed by atoms with van der Waals surface area (Å²) >= 11 is 4.64. The second kappa shape index (κ2) is 14.2. The number of rotatable bonds is 9. The summed E-state index contributed by atoms with van der Waals surface area (Å²) in [5.74, 6) is -2.15. The van der Waals surface area contributed by atoms with Crippen LogP contribution < -0.4 is 15.5 Å². The normalized spacial score (nSPS) is 14.7. The predicted molar refractivity (Wildman–Crippen MR) is 176 cm³/mol. The van der Waals surface area contributed by atoms with Crippen LogP contribution in [0, 0.1) is 0 Å². The van der Waals surface area contributed by atoms with Gasteiger partial charge in [0.25, 0.3) is 11.8 Å². The van der Waals surface area contributed by atoms with Gasteiger partial charge in [-0.3, -0.25) is 19.2 Å². The molecule has 9 nitrogen and oxygen atoms in total. The molecule has 4 aromatic carbocycles. The van der Waals surface area contributed by atoms with Crippen molar-refractivity contribution in [3.63, 3.8) is 0 Å². The van der Waals surface area contributed by atoms with Crippen molar-refractivity contribution >= 4 is 74.7 Å². The van der Waals surface area contributed by atoms with Crippen molar-refractivity contribution < 1.29 is 28.7 Å². The first-order chi connectivity index (χ1) is 21.7. The van der Waals surface area contributed by atoms with Gasteiger partial charge in [-0.25, -0.2) is 9.69 Å². The van der Waals surface area contributed by atoms with E-state index in [1.807, 2.05) is 24.3 Å². The second-order valence-corrected chi connectivity index (χ2v) is 12.0. The molecule has 0 bridgehead atoms. The van der Waals surface area contributed by atoms with Crippen molar-refractivity contribution in [3.8, 4) is 0 Å². The SMILES string of the molecule is COC(=O)c1ccc(N2C(=O)CC(Sc3ccc(NC(=O)/C(=C/c4ccc(Br)cc4)NC(=O)c4ccccc4)cc3)C2=O)cc1. The molecule has 4 aromatic rings. The van der Waals surface area contributed by atoms with Crippen LogP contribution in [0.1, 0.15) is 32.7 Å². The van der Waals surface area contributed by atoms with Crippen LogP contribution >= 0.6 is 27.7 Å². The zero-order valence-corrected chi connectivity index (χ0v) is 26.3. The molecule has 1 unspecified atom stereocenters. The van der Waals surface area contributed by atoms with Crippen molar-refractivity contribution in [1.82, 2.24) is 5.32 Å². The van der Waals surface area contributed by atoms with E-state index in [0.717, 1.165) is 14.3 Å². The standard InChI is InChI=1S/C34H26BrN3O6S/c1-44-34(43)23-9-15-26(16-10-23)38-30(39)20-29(33(38)42)45-27-17-13-25(14-18-27)36-32(41)28(19-21-7-11-24(35)12-8-21)37-31(40)22-5-3-2-4-6-22/h2-19,29H,20H2,1H3,(H,36,41)(H,37,40)/b28-19-. The number of nitrogens with zero attached hydrogens (tertiary/aromatic N) is 1. The summed E-state index contributed by atoms with van der Waals surface area (Å²) in [5, 5.41) is 4.89. The molecule has 5 rings (SSSR count). The summed E-state index contributed by atoms with van der Waals surface area (Å²) < 4.78 is 5.57. The zero-order chi connectivity index (χ0) is 31.9. The van der Waals surface area contributed by atoms with Crippen LogP contribution in [0.25, 0.3) is 6.08 Å². The van der Waals surface area contributed by atoms with Gasteiger partial charge < -0.3 is 15.4 Å². The molecule has 1 atom stereocenters. The van der Waals surface area contributed by atoms with Crippen LogP contribution in [0.2, 0.25) is 0 Å². The molecular formula is C34H26BrN3O6S. The van der Waals surface area contributed by atoms with Gasteiger partial charge in [0.15, 0.2) is 0 Å². The summed E-state index contributed by atoms with van der Waals surface area (Å²) in [4.78, 5) is 65.6. The Bertz CT molecular complexity index is 1780. The number of methoxy groups -OCH3 is 1. The molecule has 1 heterocycles. The lowest BCUT2D eigenvalue weighted by Gasteiger charge is -2.15. The maximum atomic E-state index is 13.3. The quantitative estimate of drug-likeness (QED) is 0.125. The fourth-order valence-corrected chi connectivity index (χ4v) is 5.80. The molecule has 4 amide bonds. The van der Waals surface area contributed by atoms with Gasteiger partial charge in [-0.15, -0.1) is 11.8 Å². The third-order valence-electron chi connectivity index (χ3n) is 6.75. The number of esters is 1. The highest BCUT2D eigenvalue weighted by Gasteiger charge is 2.40. The van der Waals surface area contributed by atoms with E-state index < -0.39 is 23.0 Å². The van der Waals surface area contributed by atoms with E-state index in [0.29, 0.717) is 28.1 Å². The lowest BCUT2D eigenvalue weighted by Crippen LogP contribution is -2.31. The lowest BCUT2D eigenvalue weighted by molar-refractivity contribution is -0.121. The Kier molecular flexibility index (Phi) is 9.91. The minimum absolute atomic E-state index is 0.0199. The summed E-state index contributed by atoms with van der Waals surface area (Å²) in [7, 11) is 1.28. The van der Waals surface area contributed by atoms with Crippen LogP contribution in [-0.4, -0.2) is 42.0 Å². The van der Waals surface area contributed by atoms with E-state index in [1.54, 1.807) is 60.7 Å². The van der Waals surface area contributed by atoms with E-state index >= 15 is 0 Å². The number of carbonyl (C=O) groups excluding carboxylic acids is 5. The first-order valence-electron chi connectivity index (χ1n) is 13.7. The zero-order valence-electron chi connectivity index (χ0n) is 23.9. The average Bonchev–Trinajstić information content (AvgIpc) is 3.34. The Hall–Kier alpha value is -5.00. The smallest absolute Gasteiger partial charge is 0.337 e. The van der Waals surface area contributed by atoms with Crippen LogP contribution in [-0.2, 0) is 19.1 Å². The van der Waals surface area contributed by atoms with Crippen LogP contribution in [0.5, 0.6) is 0 Å². The number of imide groups is 1. The number of halogens is 1. The fraction of sp³-hybridized carbons (Fsp3) is 0.0882. The minimum Gasteiger partial charge on any atom is -0.465 e. The summed E-state index contributed by atoms with van der Waals surface area (Å²) in [6, 6.07) is 28.8. The third kappa shape index (κ3) is 7.75. The topological polar surface area (TPSA) is 122 Å². The van der Waals surface area contributed by atoms with E-state index in [9.17, 15) is 24.0 Å². The summed E-state index contributed by atoms with van der Waals surface area (Å²) in [6.07, 6.45) is 1.61. The monoisotopic (exact) mass is 683 g/mol. The Labute approximate surface area is 271 Å². The molecule has 0 aromatic heterocycles. The molecule has 11 heteroatoms. The van der Waals surface area contributed by atoms with E-state index in [4.69, 9.17) is 4.74 Å². The number of hydrogen-bond acceptors (Lipinski definition) is 7. The van der Waals surface area contributed by atoms with E-state index in [1.165, 1.54) is 43.1 Å². The average molecular weight is 685 g/mol. The van der Waals surface area contributed by atoms with Gasteiger partial charge in [0.05, 0.1) is 23.6 Å². The number of anilines is 2. The Morgan fingerprint density at radius 2 is 1.53 bits per heavy atom. The van der Waals surface area contributed by atoms with Crippen molar-refractivity contribution in [2.24, 2.45) is 0 Å². The van der Waals surface area contributed by atoms with Gasteiger partial charge in [0.2, 0.25) is 11.8 Å². The van der Waals surface area contributed by atoms with Crippen molar-refractivity contribution in [1.29, 1.82) is 0 Å². The van der Waals surface area contributed by atoms with Crippen LogP contribution in [0.4, 0.5) is 11.4 Å². The largest absolute Gasteiger partial charge is 0.465 e. The van der Waals surface area contributed by atoms with Gasteiger partial charge in [-0.05, 0) is 84.4 Å². The van der Waals surface area contributed by atoms with Crippen molar-refractivity contribution in [2.45, 2.75) is 16.6 Å². The Balaban J connectivity index is 1.26. The molecule has 0 radical (unpaired) electrons. The molecule has 45 heavy (non-hydrogen) atoms. The Morgan fingerprint density at radius 3 is 2.18 bits per heavy atom. The van der Waals surface area contributed by atoms with Crippen molar-refractivity contribution in [2.75, 3.05) is 17.3 Å². The minimum atomic E-state index is -0.633. The molecule has 226 valence electrons. The number of ether oxygens (including phenoxy) is 1. The first kappa shape index (κ1) is 31.4. The molecule has 1 aliphatic heterocycles. The van der Waals surface area contributed by atoms with Crippen LogP contribution in [0.15, 0.2) is 118 Å². The summed E-state index contributed by atoms with van der Waals surface area (Å²) in [6.45, 7) is 0. The number of amides is 4. The number of carbonyl (C=O) groups is 5. The highest BCUT2D eigenvalue weighted by Crippen LogP contribution is 2.34. The number of nitrogens with one attached hydrogen (secondary N) is 2. The van der Waals surface area contributed by atoms with Crippen LogP contribution in [0.3, 0.4) is 0 Å². The van der Waals surface area contributed by atoms with E-state index in [-0.39, 0.29) is 23.9 Å². The molecule has 1 aliphatic rings.